The molecule has 1 saturated carbocycles. The van der Waals surface area contributed by atoms with E-state index in [1.54, 1.807) is 12.1 Å². The van der Waals surface area contributed by atoms with E-state index < -0.39 is 5.97 Å². The Hall–Kier alpha value is -1.84. The quantitative estimate of drug-likeness (QED) is 0.867. The van der Waals surface area contributed by atoms with Gasteiger partial charge < -0.3 is 10.1 Å². The third-order valence-corrected chi connectivity index (χ3v) is 4.08. The molecule has 1 fully saturated rings. The van der Waals surface area contributed by atoms with Gasteiger partial charge in [0.1, 0.15) is 0 Å². The first-order chi connectivity index (χ1) is 10.1. The summed E-state index contributed by atoms with van der Waals surface area (Å²) in [6, 6.07) is 7.32. The van der Waals surface area contributed by atoms with E-state index in [0.717, 1.165) is 24.8 Å². The van der Waals surface area contributed by atoms with Crippen LogP contribution in [0.1, 0.15) is 48.5 Å². The zero-order valence-corrected chi connectivity index (χ0v) is 12.7. The second-order valence-electron chi connectivity index (χ2n) is 5.88. The average Bonchev–Trinajstić information content (AvgIpc) is 2.48. The minimum Gasteiger partial charge on any atom is -0.452 e. The van der Waals surface area contributed by atoms with Crippen molar-refractivity contribution in [2.75, 3.05) is 6.61 Å². The van der Waals surface area contributed by atoms with Gasteiger partial charge in [-0.15, -0.1) is 0 Å². The molecular formula is C17H23NO3. The van der Waals surface area contributed by atoms with Gasteiger partial charge in [0.25, 0.3) is 5.91 Å². The summed E-state index contributed by atoms with van der Waals surface area (Å²) < 4.78 is 5.06. The van der Waals surface area contributed by atoms with Crippen LogP contribution in [0.25, 0.3) is 0 Å². The molecule has 2 atom stereocenters. The molecule has 1 aromatic rings. The normalized spacial score (nSPS) is 21.6. The molecule has 21 heavy (non-hydrogen) atoms. The summed E-state index contributed by atoms with van der Waals surface area (Å²) in [6.07, 6.45) is 4.54. The molecule has 0 aromatic heterocycles. The molecular weight excluding hydrogens is 266 g/mol. The number of aryl methyl sites for hydroxylation is 1. The number of hydrogen-bond donors (Lipinski definition) is 1. The largest absolute Gasteiger partial charge is 0.452 e. The summed E-state index contributed by atoms with van der Waals surface area (Å²) >= 11 is 0. The van der Waals surface area contributed by atoms with Crippen molar-refractivity contribution in [3.8, 4) is 0 Å². The summed E-state index contributed by atoms with van der Waals surface area (Å²) in [5, 5.41) is 2.97. The Balaban J connectivity index is 1.78. The second-order valence-corrected chi connectivity index (χ2v) is 5.88. The Morgan fingerprint density at radius 2 is 1.86 bits per heavy atom. The number of rotatable bonds is 4. The SMILES string of the molecule is Cc1ccc(C(=O)OCC(=O)N[C@H]2CCCC[C@H]2C)cc1. The molecule has 4 heteroatoms. The molecule has 4 nitrogen and oxygen atoms in total. The van der Waals surface area contributed by atoms with Gasteiger partial charge in [-0.25, -0.2) is 4.79 Å². The van der Waals surface area contributed by atoms with Crippen molar-refractivity contribution in [2.24, 2.45) is 5.92 Å². The molecule has 1 aliphatic carbocycles. The van der Waals surface area contributed by atoms with Crippen molar-refractivity contribution in [1.29, 1.82) is 0 Å². The van der Waals surface area contributed by atoms with Crippen molar-refractivity contribution in [2.45, 2.75) is 45.6 Å². The number of ether oxygens (including phenoxy) is 1. The highest BCUT2D eigenvalue weighted by Gasteiger charge is 2.23. The molecule has 114 valence electrons. The molecule has 1 aromatic carbocycles. The lowest BCUT2D eigenvalue weighted by molar-refractivity contribution is -0.125. The molecule has 0 bridgehead atoms. The van der Waals surface area contributed by atoms with E-state index in [4.69, 9.17) is 4.74 Å². The molecule has 1 amide bonds. The topological polar surface area (TPSA) is 55.4 Å². The van der Waals surface area contributed by atoms with Crippen LogP contribution in [0.15, 0.2) is 24.3 Å². The Bertz CT molecular complexity index is 495. The van der Waals surface area contributed by atoms with Crippen LogP contribution in [0.4, 0.5) is 0 Å². The predicted octanol–water partition coefficient (Wildman–Crippen LogP) is 2.85. The average molecular weight is 289 g/mol. The van der Waals surface area contributed by atoms with Gasteiger partial charge in [0.2, 0.25) is 0 Å². The molecule has 1 aliphatic rings. The van der Waals surface area contributed by atoms with Crippen LogP contribution in [0.2, 0.25) is 0 Å². The number of benzene rings is 1. The minimum absolute atomic E-state index is 0.212. The maximum Gasteiger partial charge on any atom is 0.338 e. The summed E-state index contributed by atoms with van der Waals surface area (Å²) in [5.74, 6) is -0.174. The zero-order chi connectivity index (χ0) is 15.2. The second kappa shape index (κ2) is 7.25. The van der Waals surface area contributed by atoms with E-state index in [1.165, 1.54) is 6.42 Å². The standard InChI is InChI=1S/C17H23NO3/c1-12-7-9-14(10-8-12)17(20)21-11-16(19)18-15-6-4-3-5-13(15)2/h7-10,13,15H,3-6,11H2,1-2H3,(H,18,19)/t13-,15+/m1/s1. The van der Waals surface area contributed by atoms with Gasteiger partial charge in [0.05, 0.1) is 5.56 Å². The predicted molar refractivity (Wildman–Crippen MR) is 81.0 cm³/mol. The summed E-state index contributed by atoms with van der Waals surface area (Å²) in [6.45, 7) is 3.90. The monoisotopic (exact) mass is 289 g/mol. The van der Waals surface area contributed by atoms with Gasteiger partial charge in [0.15, 0.2) is 6.61 Å². The highest BCUT2D eigenvalue weighted by molar-refractivity contribution is 5.91. The number of esters is 1. The van der Waals surface area contributed by atoms with Crippen molar-refractivity contribution in [1.82, 2.24) is 5.32 Å². The molecule has 0 spiro atoms. The van der Waals surface area contributed by atoms with E-state index in [0.29, 0.717) is 11.5 Å². The summed E-state index contributed by atoms with van der Waals surface area (Å²) in [7, 11) is 0. The number of amides is 1. The minimum atomic E-state index is -0.457. The molecule has 0 aliphatic heterocycles. The molecule has 0 radical (unpaired) electrons. The van der Waals surface area contributed by atoms with Gasteiger partial charge in [-0.3, -0.25) is 4.79 Å². The number of hydrogen-bond acceptors (Lipinski definition) is 3. The van der Waals surface area contributed by atoms with Gasteiger partial charge >= 0.3 is 5.97 Å². The van der Waals surface area contributed by atoms with Gasteiger partial charge in [-0.1, -0.05) is 37.5 Å². The Labute approximate surface area is 125 Å². The fraction of sp³-hybridized carbons (Fsp3) is 0.529. The van der Waals surface area contributed by atoms with Crippen LogP contribution in [-0.4, -0.2) is 24.5 Å². The molecule has 0 saturated heterocycles. The third kappa shape index (κ3) is 4.59. The van der Waals surface area contributed by atoms with Crippen molar-refractivity contribution in [3.05, 3.63) is 35.4 Å². The highest BCUT2D eigenvalue weighted by Crippen LogP contribution is 2.23. The number of carbonyl (C=O) groups excluding carboxylic acids is 2. The first-order valence-electron chi connectivity index (χ1n) is 7.59. The van der Waals surface area contributed by atoms with Crippen molar-refractivity contribution in [3.63, 3.8) is 0 Å². The first-order valence-corrected chi connectivity index (χ1v) is 7.59. The lowest BCUT2D eigenvalue weighted by Crippen LogP contribution is -2.42. The van der Waals surface area contributed by atoms with E-state index in [2.05, 4.69) is 12.2 Å². The number of carbonyl (C=O) groups is 2. The zero-order valence-electron chi connectivity index (χ0n) is 12.7. The van der Waals surface area contributed by atoms with Crippen LogP contribution in [-0.2, 0) is 9.53 Å². The molecule has 0 heterocycles. The van der Waals surface area contributed by atoms with Gasteiger partial charge in [-0.05, 0) is 37.8 Å². The van der Waals surface area contributed by atoms with E-state index in [9.17, 15) is 9.59 Å². The Morgan fingerprint density at radius 1 is 1.19 bits per heavy atom. The fourth-order valence-electron chi connectivity index (χ4n) is 2.68. The van der Waals surface area contributed by atoms with Crippen LogP contribution < -0.4 is 5.32 Å². The van der Waals surface area contributed by atoms with Crippen LogP contribution in [0.3, 0.4) is 0 Å². The fourth-order valence-corrected chi connectivity index (χ4v) is 2.68. The Kier molecular flexibility index (Phi) is 5.37. The lowest BCUT2D eigenvalue weighted by Gasteiger charge is -2.29. The number of nitrogens with one attached hydrogen (secondary N) is 1. The maximum absolute atomic E-state index is 11.9. The maximum atomic E-state index is 11.9. The first kappa shape index (κ1) is 15.5. The highest BCUT2D eigenvalue weighted by atomic mass is 16.5. The molecule has 0 unspecified atom stereocenters. The third-order valence-electron chi connectivity index (χ3n) is 4.08. The smallest absolute Gasteiger partial charge is 0.338 e. The van der Waals surface area contributed by atoms with Crippen molar-refractivity contribution < 1.29 is 14.3 Å². The van der Waals surface area contributed by atoms with Gasteiger partial charge in [0, 0.05) is 6.04 Å². The van der Waals surface area contributed by atoms with Crippen molar-refractivity contribution >= 4 is 11.9 Å². The summed E-state index contributed by atoms with van der Waals surface area (Å²) in [4.78, 5) is 23.7. The van der Waals surface area contributed by atoms with Gasteiger partial charge in [-0.2, -0.15) is 0 Å². The Morgan fingerprint density at radius 3 is 2.52 bits per heavy atom. The van der Waals surface area contributed by atoms with E-state index in [-0.39, 0.29) is 18.6 Å². The van der Waals surface area contributed by atoms with Crippen LogP contribution in [0.5, 0.6) is 0 Å². The summed E-state index contributed by atoms with van der Waals surface area (Å²) in [5.41, 5.74) is 1.55. The van der Waals surface area contributed by atoms with E-state index >= 15 is 0 Å². The lowest BCUT2D eigenvalue weighted by atomic mass is 9.86. The molecule has 2 rings (SSSR count). The van der Waals surface area contributed by atoms with Crippen LogP contribution in [0, 0.1) is 12.8 Å². The molecule has 1 N–H and O–H groups in total. The van der Waals surface area contributed by atoms with Crippen LogP contribution >= 0.6 is 0 Å². The van der Waals surface area contributed by atoms with E-state index in [1.807, 2.05) is 19.1 Å².